The Bertz CT molecular complexity index is 381. The first-order valence-corrected chi connectivity index (χ1v) is 6.24. The van der Waals surface area contributed by atoms with Crippen molar-refractivity contribution >= 4 is 5.69 Å². The van der Waals surface area contributed by atoms with Crippen molar-refractivity contribution in [3.8, 4) is 0 Å². The van der Waals surface area contributed by atoms with Gasteiger partial charge in [-0.15, -0.1) is 0 Å². The van der Waals surface area contributed by atoms with Gasteiger partial charge in [-0.3, -0.25) is 0 Å². The van der Waals surface area contributed by atoms with Crippen molar-refractivity contribution in [3.63, 3.8) is 0 Å². The van der Waals surface area contributed by atoms with Gasteiger partial charge in [0.1, 0.15) is 0 Å². The van der Waals surface area contributed by atoms with Gasteiger partial charge in [0, 0.05) is 31.9 Å². The van der Waals surface area contributed by atoms with Crippen LogP contribution in [0.5, 0.6) is 0 Å². The standard InChI is InChI=1S/C14H22N2O/c1-11-5-4-6-12(2)13(11)16-8-7-15-9-14(3,17)10-16/h4-6,15,17H,7-10H2,1-3H3. The second kappa shape index (κ2) is 4.67. The third-order valence-electron chi connectivity index (χ3n) is 3.35. The van der Waals surface area contributed by atoms with Gasteiger partial charge in [0.05, 0.1) is 5.60 Å². The zero-order chi connectivity index (χ0) is 12.5. The molecule has 3 nitrogen and oxygen atoms in total. The molecule has 1 aliphatic heterocycles. The molecule has 0 bridgehead atoms. The van der Waals surface area contributed by atoms with Gasteiger partial charge in [-0.1, -0.05) is 18.2 Å². The summed E-state index contributed by atoms with van der Waals surface area (Å²) in [7, 11) is 0. The van der Waals surface area contributed by atoms with Crippen LogP contribution in [-0.2, 0) is 0 Å². The lowest BCUT2D eigenvalue weighted by molar-refractivity contribution is 0.0729. The molecule has 1 aromatic rings. The molecule has 0 amide bonds. The van der Waals surface area contributed by atoms with Gasteiger partial charge >= 0.3 is 0 Å². The smallest absolute Gasteiger partial charge is 0.0917 e. The SMILES string of the molecule is Cc1cccc(C)c1N1CCNCC(C)(O)C1. The molecule has 0 spiro atoms. The molecule has 94 valence electrons. The Kier molecular flexibility index (Phi) is 3.40. The summed E-state index contributed by atoms with van der Waals surface area (Å²) in [6, 6.07) is 6.35. The van der Waals surface area contributed by atoms with Crippen LogP contribution >= 0.6 is 0 Å². The van der Waals surface area contributed by atoms with Gasteiger partial charge < -0.3 is 15.3 Å². The number of aliphatic hydroxyl groups is 1. The van der Waals surface area contributed by atoms with Crippen LogP contribution < -0.4 is 10.2 Å². The van der Waals surface area contributed by atoms with E-state index in [9.17, 15) is 5.11 Å². The van der Waals surface area contributed by atoms with Crippen molar-refractivity contribution in [2.45, 2.75) is 26.4 Å². The van der Waals surface area contributed by atoms with Crippen molar-refractivity contribution in [1.29, 1.82) is 0 Å². The number of hydrogen-bond donors (Lipinski definition) is 2. The number of aryl methyl sites for hydroxylation is 2. The molecule has 1 saturated heterocycles. The topological polar surface area (TPSA) is 35.5 Å². The Hall–Kier alpha value is -1.06. The Morgan fingerprint density at radius 1 is 1.29 bits per heavy atom. The Morgan fingerprint density at radius 3 is 2.59 bits per heavy atom. The number of nitrogens with zero attached hydrogens (tertiary/aromatic N) is 1. The second-order valence-electron chi connectivity index (χ2n) is 5.34. The molecule has 1 heterocycles. The molecule has 1 fully saturated rings. The van der Waals surface area contributed by atoms with Crippen LogP contribution in [0.15, 0.2) is 18.2 Å². The maximum atomic E-state index is 10.3. The van der Waals surface area contributed by atoms with E-state index >= 15 is 0 Å². The second-order valence-corrected chi connectivity index (χ2v) is 5.34. The third-order valence-corrected chi connectivity index (χ3v) is 3.35. The molecule has 1 aliphatic rings. The minimum atomic E-state index is -0.661. The summed E-state index contributed by atoms with van der Waals surface area (Å²) in [5.74, 6) is 0. The van der Waals surface area contributed by atoms with Gasteiger partial charge in [0.15, 0.2) is 0 Å². The van der Waals surface area contributed by atoms with Crippen molar-refractivity contribution in [2.75, 3.05) is 31.1 Å². The van der Waals surface area contributed by atoms with Gasteiger partial charge in [0.2, 0.25) is 0 Å². The third kappa shape index (κ3) is 2.79. The number of anilines is 1. The highest BCUT2D eigenvalue weighted by molar-refractivity contribution is 5.59. The molecule has 0 aromatic heterocycles. The van der Waals surface area contributed by atoms with Crippen LogP contribution in [0.1, 0.15) is 18.1 Å². The first-order valence-electron chi connectivity index (χ1n) is 6.24. The molecular weight excluding hydrogens is 212 g/mol. The van der Waals surface area contributed by atoms with Gasteiger partial charge in [0.25, 0.3) is 0 Å². The van der Waals surface area contributed by atoms with Gasteiger partial charge in [-0.05, 0) is 31.9 Å². The van der Waals surface area contributed by atoms with Crippen molar-refractivity contribution < 1.29 is 5.11 Å². The molecule has 2 N–H and O–H groups in total. The molecule has 0 aliphatic carbocycles. The minimum Gasteiger partial charge on any atom is -0.387 e. The molecule has 0 radical (unpaired) electrons. The molecule has 3 heteroatoms. The van der Waals surface area contributed by atoms with Crippen LogP contribution in [0.2, 0.25) is 0 Å². The first kappa shape index (κ1) is 12.4. The largest absolute Gasteiger partial charge is 0.387 e. The van der Waals surface area contributed by atoms with E-state index in [0.29, 0.717) is 13.1 Å². The average Bonchev–Trinajstić information content (AvgIpc) is 2.39. The zero-order valence-electron chi connectivity index (χ0n) is 11.0. The fourth-order valence-electron chi connectivity index (χ4n) is 2.61. The quantitative estimate of drug-likeness (QED) is 0.772. The summed E-state index contributed by atoms with van der Waals surface area (Å²) in [5.41, 5.74) is 3.17. The predicted octanol–water partition coefficient (Wildman–Crippen LogP) is 1.46. The van der Waals surface area contributed by atoms with Crippen molar-refractivity contribution in [2.24, 2.45) is 0 Å². The lowest BCUT2D eigenvalue weighted by Crippen LogP contribution is -2.43. The average molecular weight is 234 g/mol. The lowest BCUT2D eigenvalue weighted by atomic mass is 10.0. The molecule has 1 aromatic carbocycles. The Labute approximate surface area is 103 Å². The first-order chi connectivity index (χ1) is 7.99. The van der Waals surface area contributed by atoms with E-state index < -0.39 is 5.60 Å². The van der Waals surface area contributed by atoms with Crippen LogP contribution in [-0.4, -0.2) is 36.9 Å². The van der Waals surface area contributed by atoms with Crippen LogP contribution in [0.4, 0.5) is 5.69 Å². The summed E-state index contributed by atoms with van der Waals surface area (Å²) in [6.07, 6.45) is 0. The maximum absolute atomic E-state index is 10.3. The monoisotopic (exact) mass is 234 g/mol. The lowest BCUT2D eigenvalue weighted by Gasteiger charge is -2.31. The van der Waals surface area contributed by atoms with Crippen molar-refractivity contribution in [3.05, 3.63) is 29.3 Å². The fraction of sp³-hybridized carbons (Fsp3) is 0.571. The van der Waals surface area contributed by atoms with E-state index in [1.165, 1.54) is 16.8 Å². The predicted molar refractivity (Wildman–Crippen MR) is 71.6 cm³/mol. The molecule has 17 heavy (non-hydrogen) atoms. The highest BCUT2D eigenvalue weighted by Gasteiger charge is 2.27. The highest BCUT2D eigenvalue weighted by atomic mass is 16.3. The normalized spacial score (nSPS) is 25.8. The number of rotatable bonds is 1. The molecule has 1 unspecified atom stereocenters. The maximum Gasteiger partial charge on any atom is 0.0917 e. The Balaban J connectivity index is 2.32. The highest BCUT2D eigenvalue weighted by Crippen LogP contribution is 2.26. The number of nitrogens with one attached hydrogen (secondary N) is 1. The van der Waals surface area contributed by atoms with Crippen LogP contribution in [0.3, 0.4) is 0 Å². The molecule has 2 rings (SSSR count). The summed E-state index contributed by atoms with van der Waals surface area (Å²) in [6.45, 7) is 9.38. The summed E-state index contributed by atoms with van der Waals surface area (Å²) >= 11 is 0. The number of β-amino-alcohol motifs (C(OH)–C–C–N with tert-alkyl or cyclic N) is 1. The number of para-hydroxylation sites is 1. The van der Waals surface area contributed by atoms with Gasteiger partial charge in [-0.25, -0.2) is 0 Å². The number of benzene rings is 1. The molecule has 1 atom stereocenters. The fourth-order valence-corrected chi connectivity index (χ4v) is 2.61. The van der Waals surface area contributed by atoms with Gasteiger partial charge in [-0.2, -0.15) is 0 Å². The zero-order valence-corrected chi connectivity index (χ0v) is 11.0. The summed E-state index contributed by atoms with van der Waals surface area (Å²) < 4.78 is 0. The van der Waals surface area contributed by atoms with E-state index in [-0.39, 0.29) is 0 Å². The van der Waals surface area contributed by atoms with E-state index in [1.807, 2.05) is 6.92 Å². The molecule has 0 saturated carbocycles. The van der Waals surface area contributed by atoms with E-state index in [1.54, 1.807) is 0 Å². The Morgan fingerprint density at radius 2 is 1.94 bits per heavy atom. The van der Waals surface area contributed by atoms with E-state index in [2.05, 4.69) is 42.3 Å². The van der Waals surface area contributed by atoms with Crippen LogP contribution in [0.25, 0.3) is 0 Å². The molecular formula is C14H22N2O. The number of hydrogen-bond acceptors (Lipinski definition) is 3. The minimum absolute atomic E-state index is 0.661. The van der Waals surface area contributed by atoms with E-state index in [4.69, 9.17) is 0 Å². The van der Waals surface area contributed by atoms with E-state index in [0.717, 1.165) is 13.1 Å². The summed E-state index contributed by atoms with van der Waals surface area (Å²) in [5, 5.41) is 13.5. The van der Waals surface area contributed by atoms with Crippen molar-refractivity contribution in [1.82, 2.24) is 5.32 Å². The summed E-state index contributed by atoms with van der Waals surface area (Å²) in [4.78, 5) is 2.30. The van der Waals surface area contributed by atoms with Crippen LogP contribution in [0, 0.1) is 13.8 Å².